The van der Waals surface area contributed by atoms with Crippen molar-refractivity contribution < 1.29 is 14.7 Å². The lowest BCUT2D eigenvalue weighted by molar-refractivity contribution is -0.134. The maximum Gasteiger partial charge on any atom is 0.300 e. The average Bonchev–Trinajstić information content (AvgIpc) is 2.20. The summed E-state index contributed by atoms with van der Waals surface area (Å²) >= 11 is 0. The number of carbonyl (C=O) groups excluding carboxylic acids is 1. The van der Waals surface area contributed by atoms with E-state index in [2.05, 4.69) is 19.1 Å². The summed E-state index contributed by atoms with van der Waals surface area (Å²) in [5.74, 6) is -0.667. The molecule has 0 unspecified atom stereocenters. The molecule has 0 aromatic heterocycles. The van der Waals surface area contributed by atoms with Crippen LogP contribution in [0.3, 0.4) is 0 Å². The van der Waals surface area contributed by atoms with E-state index < -0.39 is 5.97 Å². The zero-order valence-electron chi connectivity index (χ0n) is 11.7. The lowest BCUT2D eigenvalue weighted by Crippen LogP contribution is -1.78. The second-order valence-electron chi connectivity index (χ2n) is 3.08. The minimum atomic E-state index is -0.833. The predicted octanol–water partition coefficient (Wildman–Crippen LogP) is 3.71. The van der Waals surface area contributed by atoms with E-state index in [1.165, 1.54) is 19.4 Å². The number of hydrogen-bond donors (Lipinski definition) is 1. The molecule has 0 radical (unpaired) electrons. The second-order valence-corrected chi connectivity index (χ2v) is 3.08. The molecular weight excluding hydrogens is 216 g/mol. The molecule has 1 rings (SSSR count). The van der Waals surface area contributed by atoms with Gasteiger partial charge in [0.05, 0.1) is 0 Å². The van der Waals surface area contributed by atoms with Crippen LogP contribution in [0.4, 0.5) is 0 Å². The normalized spacial score (nSPS) is 6.94. The monoisotopic (exact) mass is 240 g/mol. The zero-order valence-corrected chi connectivity index (χ0v) is 11.7. The van der Waals surface area contributed by atoms with Gasteiger partial charge in [-0.3, -0.25) is 4.79 Å². The smallest absolute Gasteiger partial charge is 0.300 e. The Morgan fingerprint density at radius 3 is 1.29 bits per heavy atom. The van der Waals surface area contributed by atoms with Crippen molar-refractivity contribution in [2.24, 2.45) is 0 Å². The number of benzene rings is 1. The Kier molecular flexibility index (Phi) is 20.5. The maximum absolute atomic E-state index is 9.44. The van der Waals surface area contributed by atoms with Crippen LogP contribution in [0.25, 0.3) is 0 Å². The summed E-state index contributed by atoms with van der Waals surface area (Å²) in [6, 6.07) is 10.3. The molecule has 17 heavy (non-hydrogen) atoms. The number of aliphatic carboxylic acids is 1. The Labute approximate surface area is 104 Å². The van der Waals surface area contributed by atoms with E-state index in [-0.39, 0.29) is 5.78 Å². The van der Waals surface area contributed by atoms with E-state index in [4.69, 9.17) is 9.90 Å². The average molecular weight is 240 g/mol. The molecule has 1 aromatic carbocycles. The molecule has 3 nitrogen and oxygen atoms in total. The SMILES string of the molecule is CC.CC(=O)O.CC(C)=O.Cc1ccccc1. The van der Waals surface area contributed by atoms with Crippen molar-refractivity contribution in [1.82, 2.24) is 0 Å². The first-order chi connectivity index (χ1) is 7.86. The van der Waals surface area contributed by atoms with E-state index in [0.29, 0.717) is 0 Å². The Hall–Kier alpha value is -1.64. The summed E-state index contributed by atoms with van der Waals surface area (Å²) in [7, 11) is 0. The Morgan fingerprint density at radius 2 is 1.18 bits per heavy atom. The molecule has 0 saturated carbocycles. The summed E-state index contributed by atoms with van der Waals surface area (Å²) in [5.41, 5.74) is 1.32. The van der Waals surface area contributed by atoms with Crippen LogP contribution in [0.15, 0.2) is 30.3 Å². The third kappa shape index (κ3) is 54.2. The van der Waals surface area contributed by atoms with Crippen LogP contribution in [0.1, 0.15) is 40.2 Å². The minimum absolute atomic E-state index is 0.167. The number of rotatable bonds is 0. The Bertz CT molecular complexity index is 259. The van der Waals surface area contributed by atoms with Crippen molar-refractivity contribution in [2.75, 3.05) is 0 Å². The number of carboxylic acids is 1. The van der Waals surface area contributed by atoms with Gasteiger partial charge in [0, 0.05) is 6.92 Å². The van der Waals surface area contributed by atoms with Gasteiger partial charge in [-0.05, 0) is 20.8 Å². The topological polar surface area (TPSA) is 54.4 Å². The molecule has 0 fully saturated rings. The molecule has 0 saturated heterocycles. The van der Waals surface area contributed by atoms with Crippen molar-refractivity contribution in [3.05, 3.63) is 35.9 Å². The van der Waals surface area contributed by atoms with Crippen LogP contribution in [0.5, 0.6) is 0 Å². The summed E-state index contributed by atoms with van der Waals surface area (Å²) in [5, 5.41) is 7.42. The van der Waals surface area contributed by atoms with Crippen LogP contribution in [-0.4, -0.2) is 16.9 Å². The van der Waals surface area contributed by atoms with E-state index in [1.54, 1.807) is 0 Å². The molecule has 0 amide bonds. The molecule has 1 aromatic rings. The fourth-order valence-electron chi connectivity index (χ4n) is 0.534. The molecule has 0 atom stereocenters. The van der Waals surface area contributed by atoms with Gasteiger partial charge in [0.15, 0.2) is 0 Å². The number of hydrogen-bond acceptors (Lipinski definition) is 2. The van der Waals surface area contributed by atoms with Crippen LogP contribution < -0.4 is 0 Å². The third-order valence-corrected chi connectivity index (χ3v) is 0.940. The predicted molar refractivity (Wildman–Crippen MR) is 72.2 cm³/mol. The van der Waals surface area contributed by atoms with E-state index in [9.17, 15) is 4.79 Å². The first-order valence-corrected chi connectivity index (χ1v) is 5.54. The fraction of sp³-hybridized carbons (Fsp3) is 0.429. The molecule has 0 aliphatic carbocycles. The van der Waals surface area contributed by atoms with E-state index in [1.807, 2.05) is 32.0 Å². The van der Waals surface area contributed by atoms with Gasteiger partial charge in [0.25, 0.3) is 5.97 Å². The van der Waals surface area contributed by atoms with Crippen molar-refractivity contribution in [1.29, 1.82) is 0 Å². The Balaban J connectivity index is -0.000000172. The van der Waals surface area contributed by atoms with Crippen molar-refractivity contribution in [3.63, 3.8) is 0 Å². The van der Waals surface area contributed by atoms with Crippen molar-refractivity contribution in [3.8, 4) is 0 Å². The van der Waals surface area contributed by atoms with Crippen LogP contribution in [-0.2, 0) is 9.59 Å². The highest BCUT2D eigenvalue weighted by Crippen LogP contribution is 1.92. The summed E-state index contributed by atoms with van der Waals surface area (Å²) < 4.78 is 0. The number of ketones is 1. The minimum Gasteiger partial charge on any atom is -0.481 e. The van der Waals surface area contributed by atoms with Crippen LogP contribution in [0.2, 0.25) is 0 Å². The number of Topliss-reactive ketones (excluding diaryl/α,β-unsaturated/α-hetero) is 1. The van der Waals surface area contributed by atoms with Gasteiger partial charge in [0.1, 0.15) is 5.78 Å². The van der Waals surface area contributed by atoms with Gasteiger partial charge in [-0.15, -0.1) is 0 Å². The number of carboxylic acid groups (broad SMARTS) is 1. The fourth-order valence-corrected chi connectivity index (χ4v) is 0.534. The molecule has 0 aliphatic heterocycles. The van der Waals surface area contributed by atoms with Gasteiger partial charge in [-0.2, -0.15) is 0 Å². The molecule has 0 aliphatic rings. The van der Waals surface area contributed by atoms with Gasteiger partial charge in [-0.25, -0.2) is 0 Å². The molecule has 3 heteroatoms. The van der Waals surface area contributed by atoms with Crippen molar-refractivity contribution in [2.45, 2.75) is 41.5 Å². The molecule has 1 N–H and O–H groups in total. The lowest BCUT2D eigenvalue weighted by atomic mass is 10.2. The molecular formula is C14H24O3. The molecule has 0 heterocycles. The molecule has 0 spiro atoms. The van der Waals surface area contributed by atoms with Crippen molar-refractivity contribution >= 4 is 11.8 Å². The summed E-state index contributed by atoms with van der Waals surface area (Å²) in [6.07, 6.45) is 0. The maximum atomic E-state index is 9.44. The second kappa shape index (κ2) is 16.8. The molecule has 98 valence electrons. The first-order valence-electron chi connectivity index (χ1n) is 5.54. The summed E-state index contributed by atoms with van der Waals surface area (Å²) in [6.45, 7) is 10.2. The highest BCUT2D eigenvalue weighted by atomic mass is 16.4. The van der Waals surface area contributed by atoms with Gasteiger partial charge >= 0.3 is 0 Å². The highest BCUT2D eigenvalue weighted by Gasteiger charge is 1.72. The van der Waals surface area contributed by atoms with Gasteiger partial charge < -0.3 is 9.90 Å². The largest absolute Gasteiger partial charge is 0.481 e. The Morgan fingerprint density at radius 1 is 0.941 bits per heavy atom. The lowest BCUT2D eigenvalue weighted by Gasteiger charge is -1.82. The third-order valence-electron chi connectivity index (χ3n) is 0.940. The van der Waals surface area contributed by atoms with E-state index >= 15 is 0 Å². The van der Waals surface area contributed by atoms with Gasteiger partial charge in [-0.1, -0.05) is 49.7 Å². The van der Waals surface area contributed by atoms with Crippen LogP contribution in [0, 0.1) is 6.92 Å². The highest BCUT2D eigenvalue weighted by molar-refractivity contribution is 5.72. The standard InChI is InChI=1S/C7H8.C3H6O.C2H4O2.C2H6/c1-7-5-3-2-4-6-7;1-3(2)4;1-2(3)4;1-2/h2-6H,1H3;1-2H3;1H3,(H,3,4);1-2H3. The zero-order chi connectivity index (χ0) is 14.3. The number of carbonyl (C=O) groups is 2. The first kappa shape index (κ1) is 20.7. The quantitative estimate of drug-likeness (QED) is 0.752. The van der Waals surface area contributed by atoms with Crippen LogP contribution >= 0.6 is 0 Å². The number of aryl methyl sites for hydroxylation is 1. The summed E-state index contributed by atoms with van der Waals surface area (Å²) in [4.78, 5) is 18.4. The molecule has 0 bridgehead atoms. The van der Waals surface area contributed by atoms with Gasteiger partial charge in [0.2, 0.25) is 0 Å². The van der Waals surface area contributed by atoms with E-state index in [0.717, 1.165) is 6.92 Å².